The molecule has 26 heavy (non-hydrogen) atoms. The monoisotopic (exact) mass is 387 g/mol. The van der Waals surface area contributed by atoms with Crippen LogP contribution in [-0.2, 0) is 12.8 Å². The highest BCUT2D eigenvalue weighted by Gasteiger charge is 2.25. The highest BCUT2D eigenvalue weighted by atomic mass is 32.1. The number of guanidine groups is 1. The lowest BCUT2D eigenvalue weighted by Crippen LogP contribution is -2.39. The third-order valence-electron chi connectivity index (χ3n) is 3.63. The molecule has 0 aromatic carbocycles. The van der Waals surface area contributed by atoms with Gasteiger partial charge in [-0.1, -0.05) is 6.07 Å². The summed E-state index contributed by atoms with van der Waals surface area (Å²) >= 11 is 1.70. The van der Waals surface area contributed by atoms with Crippen molar-refractivity contribution in [2.24, 2.45) is 4.99 Å². The number of nitrogens with zero attached hydrogens (tertiary/aromatic N) is 1. The Balaban J connectivity index is 1.73. The summed E-state index contributed by atoms with van der Waals surface area (Å²) in [6.45, 7) is 1.72. The van der Waals surface area contributed by atoms with Crippen LogP contribution in [-0.4, -0.2) is 31.8 Å². The van der Waals surface area contributed by atoms with Gasteiger partial charge in [-0.25, -0.2) is 0 Å². The highest BCUT2D eigenvalue weighted by Crippen LogP contribution is 2.21. The molecule has 0 aliphatic heterocycles. The average Bonchev–Trinajstić information content (AvgIpc) is 3.26. The van der Waals surface area contributed by atoms with Gasteiger partial charge in [-0.15, -0.1) is 11.3 Å². The topological polar surface area (TPSA) is 49.6 Å². The Kier molecular flexibility index (Phi) is 8.53. The van der Waals surface area contributed by atoms with Crippen molar-refractivity contribution in [3.63, 3.8) is 0 Å². The maximum atomic E-state index is 12.2. The Morgan fingerprint density at radius 3 is 2.54 bits per heavy atom. The number of unbranched alkanes of at least 4 members (excludes halogenated alkanes) is 1. The van der Waals surface area contributed by atoms with Gasteiger partial charge in [0.1, 0.15) is 5.76 Å². The highest BCUT2D eigenvalue weighted by molar-refractivity contribution is 7.09. The van der Waals surface area contributed by atoms with Crippen molar-refractivity contribution < 1.29 is 17.6 Å². The van der Waals surface area contributed by atoms with E-state index < -0.39 is 12.6 Å². The van der Waals surface area contributed by atoms with Crippen molar-refractivity contribution in [1.82, 2.24) is 10.6 Å². The number of alkyl halides is 3. The summed E-state index contributed by atoms with van der Waals surface area (Å²) in [5.41, 5.74) is 0. The Bertz CT molecular complexity index is 582. The van der Waals surface area contributed by atoms with Gasteiger partial charge in [0.25, 0.3) is 0 Å². The van der Waals surface area contributed by atoms with E-state index in [9.17, 15) is 13.2 Å². The summed E-state index contributed by atoms with van der Waals surface area (Å²) in [5.74, 6) is 1.50. The largest absolute Gasteiger partial charge is 0.469 e. The molecule has 2 rings (SSSR count). The molecule has 0 atom stereocenters. The van der Waals surface area contributed by atoms with Crippen LogP contribution >= 0.6 is 11.3 Å². The molecule has 144 valence electrons. The third-order valence-corrected chi connectivity index (χ3v) is 4.56. The van der Waals surface area contributed by atoms with E-state index in [-0.39, 0.29) is 6.42 Å². The van der Waals surface area contributed by atoms with Crippen LogP contribution in [0, 0.1) is 0 Å². The zero-order valence-corrected chi connectivity index (χ0v) is 15.3. The molecule has 0 aliphatic rings. The first kappa shape index (κ1) is 20.4. The maximum absolute atomic E-state index is 12.2. The molecule has 0 amide bonds. The number of nitrogens with one attached hydrogen (secondary N) is 2. The molecule has 4 nitrogen and oxygen atoms in total. The summed E-state index contributed by atoms with van der Waals surface area (Å²) in [5, 5.41) is 8.48. The van der Waals surface area contributed by atoms with Gasteiger partial charge in [0, 0.05) is 37.4 Å². The maximum Gasteiger partial charge on any atom is 0.389 e. The molecule has 2 aromatic rings. The fourth-order valence-electron chi connectivity index (χ4n) is 2.32. The van der Waals surface area contributed by atoms with Crippen LogP contribution in [0.5, 0.6) is 0 Å². The smallest absolute Gasteiger partial charge is 0.389 e. The quantitative estimate of drug-likeness (QED) is 0.361. The van der Waals surface area contributed by atoms with Crippen LogP contribution in [0.15, 0.2) is 45.3 Å². The Morgan fingerprint density at radius 2 is 1.88 bits per heavy atom. The molecule has 0 fully saturated rings. The normalized spacial score (nSPS) is 12.3. The second-order valence-corrected chi connectivity index (χ2v) is 6.85. The number of rotatable bonds is 10. The summed E-state index contributed by atoms with van der Waals surface area (Å²) in [6.07, 6.45) is -1.11. The predicted octanol–water partition coefficient (Wildman–Crippen LogP) is 4.39. The van der Waals surface area contributed by atoms with Gasteiger partial charge in [-0.05, 0) is 42.8 Å². The van der Waals surface area contributed by atoms with E-state index in [2.05, 4.69) is 21.7 Å². The average molecular weight is 387 g/mol. The second kappa shape index (κ2) is 10.9. The lowest BCUT2D eigenvalue weighted by Gasteiger charge is -2.12. The van der Waals surface area contributed by atoms with E-state index in [0.29, 0.717) is 31.9 Å². The SMILES string of the molecule is FC(F)(F)CCCCN=C(NCCc1ccco1)NCCc1cccs1. The van der Waals surface area contributed by atoms with Crippen LogP contribution in [0.3, 0.4) is 0 Å². The summed E-state index contributed by atoms with van der Waals surface area (Å²) in [4.78, 5) is 5.66. The fourth-order valence-corrected chi connectivity index (χ4v) is 3.03. The molecule has 0 aliphatic carbocycles. The van der Waals surface area contributed by atoms with Gasteiger partial charge < -0.3 is 15.1 Å². The minimum Gasteiger partial charge on any atom is -0.469 e. The van der Waals surface area contributed by atoms with E-state index in [1.54, 1.807) is 17.6 Å². The van der Waals surface area contributed by atoms with Crippen molar-refractivity contribution in [3.05, 3.63) is 46.5 Å². The fraction of sp³-hybridized carbons (Fsp3) is 0.500. The van der Waals surface area contributed by atoms with E-state index in [0.717, 1.165) is 18.7 Å². The van der Waals surface area contributed by atoms with Crippen LogP contribution in [0.2, 0.25) is 0 Å². The van der Waals surface area contributed by atoms with E-state index in [1.165, 1.54) is 4.88 Å². The molecule has 2 N–H and O–H groups in total. The molecular formula is C18H24F3N3OS. The minimum absolute atomic E-state index is 0.0991. The van der Waals surface area contributed by atoms with E-state index in [1.807, 2.05) is 23.6 Å². The van der Waals surface area contributed by atoms with Crippen molar-refractivity contribution in [1.29, 1.82) is 0 Å². The molecule has 2 aromatic heterocycles. The summed E-state index contributed by atoms with van der Waals surface area (Å²) in [6, 6.07) is 7.83. The molecule has 8 heteroatoms. The van der Waals surface area contributed by atoms with Gasteiger partial charge >= 0.3 is 6.18 Å². The zero-order chi connectivity index (χ0) is 18.7. The number of aliphatic imine (C=N–C) groups is 1. The van der Waals surface area contributed by atoms with Gasteiger partial charge in [0.05, 0.1) is 6.26 Å². The molecule has 0 spiro atoms. The number of thiophene rings is 1. The number of furan rings is 1. The second-order valence-electron chi connectivity index (χ2n) is 5.81. The Morgan fingerprint density at radius 1 is 1.08 bits per heavy atom. The first-order chi connectivity index (χ1) is 12.5. The first-order valence-corrected chi connectivity index (χ1v) is 9.54. The number of hydrogen-bond acceptors (Lipinski definition) is 3. The molecule has 0 saturated carbocycles. The van der Waals surface area contributed by atoms with Crippen LogP contribution in [0.25, 0.3) is 0 Å². The summed E-state index contributed by atoms with van der Waals surface area (Å²) < 4.78 is 41.8. The van der Waals surface area contributed by atoms with Crippen molar-refractivity contribution in [3.8, 4) is 0 Å². The standard InChI is InChI=1S/C18H24F3N3OS/c19-18(20,21)9-1-2-10-22-17(23-11-7-15-5-3-13-25-15)24-12-8-16-6-4-14-26-16/h3-6,13-14H,1-2,7-12H2,(H2,22,23,24). The van der Waals surface area contributed by atoms with Crippen LogP contribution in [0.1, 0.15) is 29.9 Å². The number of halogens is 3. The number of hydrogen-bond donors (Lipinski definition) is 2. The van der Waals surface area contributed by atoms with Crippen molar-refractivity contribution in [2.75, 3.05) is 19.6 Å². The molecule has 0 bridgehead atoms. The van der Waals surface area contributed by atoms with Crippen LogP contribution in [0.4, 0.5) is 13.2 Å². The minimum atomic E-state index is -4.09. The molecular weight excluding hydrogens is 363 g/mol. The first-order valence-electron chi connectivity index (χ1n) is 8.66. The summed E-state index contributed by atoms with van der Waals surface area (Å²) in [7, 11) is 0. The lowest BCUT2D eigenvalue weighted by atomic mass is 10.2. The third kappa shape index (κ3) is 8.94. The molecule has 2 heterocycles. The lowest BCUT2D eigenvalue weighted by molar-refractivity contribution is -0.135. The van der Waals surface area contributed by atoms with Crippen LogP contribution < -0.4 is 10.6 Å². The molecule has 0 saturated heterocycles. The van der Waals surface area contributed by atoms with Gasteiger partial charge in [-0.3, -0.25) is 4.99 Å². The van der Waals surface area contributed by atoms with Gasteiger partial charge in [0.2, 0.25) is 0 Å². The zero-order valence-electron chi connectivity index (χ0n) is 14.5. The van der Waals surface area contributed by atoms with Crippen molar-refractivity contribution >= 4 is 17.3 Å². The van der Waals surface area contributed by atoms with Crippen molar-refractivity contribution in [2.45, 2.75) is 38.3 Å². The Hall–Kier alpha value is -1.96. The Labute approximate surface area is 155 Å². The van der Waals surface area contributed by atoms with Gasteiger partial charge in [0.15, 0.2) is 5.96 Å². The van der Waals surface area contributed by atoms with E-state index >= 15 is 0 Å². The predicted molar refractivity (Wildman–Crippen MR) is 98.6 cm³/mol. The molecule has 0 unspecified atom stereocenters. The molecule has 0 radical (unpaired) electrons. The van der Waals surface area contributed by atoms with E-state index in [4.69, 9.17) is 4.42 Å². The van der Waals surface area contributed by atoms with Gasteiger partial charge in [-0.2, -0.15) is 13.2 Å².